The zero-order chi connectivity index (χ0) is 23.1. The Labute approximate surface area is 187 Å². The van der Waals surface area contributed by atoms with Crippen LogP contribution >= 0.6 is 0 Å². The van der Waals surface area contributed by atoms with E-state index in [0.29, 0.717) is 32.1 Å². The molecule has 2 aromatic carbocycles. The Morgan fingerprint density at radius 2 is 0.968 bits per heavy atom. The van der Waals surface area contributed by atoms with Gasteiger partial charge in [0.15, 0.2) is 0 Å². The highest BCUT2D eigenvalue weighted by molar-refractivity contribution is 5.48. The van der Waals surface area contributed by atoms with E-state index < -0.39 is 0 Å². The van der Waals surface area contributed by atoms with Gasteiger partial charge in [0.1, 0.15) is 0 Å². The van der Waals surface area contributed by atoms with Gasteiger partial charge in [-0.25, -0.2) is 0 Å². The molecule has 0 aromatic heterocycles. The van der Waals surface area contributed by atoms with E-state index in [1.54, 1.807) is 0 Å². The Kier molecular flexibility index (Phi) is 13.6. The first-order valence-electron chi connectivity index (χ1n) is 11.1. The number of aryl methyl sites for hydroxylation is 1. The van der Waals surface area contributed by atoms with Gasteiger partial charge in [0.25, 0.3) is 0 Å². The standard InChI is InChI=1S/C13H21NO2.C12H19NO2/c1-11(2)12-3-5-13(6-4-12)14(7-9-15)8-10-16;1-2-11-3-5-12(6-4-11)13(7-9-14)8-10-15/h3-6,11,15-16H,7-10H2,1-2H3;3-6,14-15H,2,7-10H2,1H3. The van der Waals surface area contributed by atoms with Crippen molar-refractivity contribution in [1.29, 1.82) is 0 Å². The highest BCUT2D eigenvalue weighted by Crippen LogP contribution is 2.19. The van der Waals surface area contributed by atoms with Gasteiger partial charge < -0.3 is 30.2 Å². The van der Waals surface area contributed by atoms with Gasteiger partial charge in [0.05, 0.1) is 26.4 Å². The summed E-state index contributed by atoms with van der Waals surface area (Å²) in [4.78, 5) is 3.95. The van der Waals surface area contributed by atoms with Crippen LogP contribution in [0.3, 0.4) is 0 Å². The number of nitrogens with zero attached hydrogens (tertiary/aromatic N) is 2. The van der Waals surface area contributed by atoms with Crippen molar-refractivity contribution >= 4 is 11.4 Å². The van der Waals surface area contributed by atoms with Gasteiger partial charge in [-0.3, -0.25) is 0 Å². The summed E-state index contributed by atoms with van der Waals surface area (Å²) in [6.45, 7) is 9.10. The van der Waals surface area contributed by atoms with Crippen LogP contribution in [-0.4, -0.2) is 73.0 Å². The van der Waals surface area contributed by atoms with Crippen LogP contribution in [0.2, 0.25) is 0 Å². The van der Waals surface area contributed by atoms with Crippen LogP contribution in [0.4, 0.5) is 11.4 Å². The van der Waals surface area contributed by atoms with Crippen molar-refractivity contribution in [3.63, 3.8) is 0 Å². The van der Waals surface area contributed by atoms with E-state index in [1.807, 2.05) is 34.1 Å². The molecule has 0 bridgehead atoms. The lowest BCUT2D eigenvalue weighted by atomic mass is 10.0. The fourth-order valence-corrected chi connectivity index (χ4v) is 3.24. The topological polar surface area (TPSA) is 87.4 Å². The Bertz CT molecular complexity index is 678. The highest BCUT2D eigenvalue weighted by atomic mass is 16.3. The van der Waals surface area contributed by atoms with E-state index in [1.165, 1.54) is 11.1 Å². The van der Waals surface area contributed by atoms with Crippen molar-refractivity contribution < 1.29 is 20.4 Å². The number of hydrogen-bond donors (Lipinski definition) is 4. The van der Waals surface area contributed by atoms with Crippen molar-refractivity contribution in [3.8, 4) is 0 Å². The number of hydrogen-bond acceptors (Lipinski definition) is 6. The summed E-state index contributed by atoms with van der Waals surface area (Å²) in [5.41, 5.74) is 4.70. The minimum atomic E-state index is 0.103. The van der Waals surface area contributed by atoms with E-state index in [4.69, 9.17) is 20.4 Å². The van der Waals surface area contributed by atoms with Crippen LogP contribution in [-0.2, 0) is 6.42 Å². The third-order valence-corrected chi connectivity index (χ3v) is 5.11. The first-order valence-corrected chi connectivity index (χ1v) is 11.1. The zero-order valence-electron chi connectivity index (χ0n) is 19.2. The number of rotatable bonds is 12. The SMILES string of the molecule is CC(C)c1ccc(N(CCO)CCO)cc1.CCc1ccc(N(CCO)CCO)cc1. The lowest BCUT2D eigenvalue weighted by molar-refractivity contribution is 0.280. The van der Waals surface area contributed by atoms with Gasteiger partial charge in [-0.05, 0) is 47.7 Å². The molecule has 6 nitrogen and oxygen atoms in total. The van der Waals surface area contributed by atoms with Crippen LogP contribution in [0.5, 0.6) is 0 Å². The molecule has 31 heavy (non-hydrogen) atoms. The van der Waals surface area contributed by atoms with Gasteiger partial charge in [0.2, 0.25) is 0 Å². The predicted octanol–water partition coefficient (Wildman–Crippen LogP) is 2.64. The minimum Gasteiger partial charge on any atom is -0.395 e. The monoisotopic (exact) mass is 432 g/mol. The molecule has 0 unspecified atom stereocenters. The molecule has 2 aromatic rings. The summed E-state index contributed by atoms with van der Waals surface area (Å²) in [6, 6.07) is 16.5. The molecule has 6 heteroatoms. The summed E-state index contributed by atoms with van der Waals surface area (Å²) in [6.07, 6.45) is 1.03. The zero-order valence-corrected chi connectivity index (χ0v) is 19.2. The average Bonchev–Trinajstić information content (AvgIpc) is 2.79. The lowest BCUT2D eigenvalue weighted by Gasteiger charge is -2.23. The normalized spacial score (nSPS) is 10.6. The molecular formula is C25H40N2O4. The van der Waals surface area contributed by atoms with Crippen LogP contribution < -0.4 is 9.80 Å². The second kappa shape index (κ2) is 15.6. The Morgan fingerprint density at radius 1 is 0.613 bits per heavy atom. The fraction of sp³-hybridized carbons (Fsp3) is 0.520. The first kappa shape index (κ1) is 26.9. The average molecular weight is 433 g/mol. The summed E-state index contributed by atoms with van der Waals surface area (Å²) in [5, 5.41) is 35.7. The van der Waals surface area contributed by atoms with E-state index in [9.17, 15) is 0 Å². The summed E-state index contributed by atoms with van der Waals surface area (Å²) in [7, 11) is 0. The molecular weight excluding hydrogens is 392 g/mol. The van der Waals surface area contributed by atoms with Gasteiger partial charge in [-0.15, -0.1) is 0 Å². The van der Waals surface area contributed by atoms with E-state index in [0.717, 1.165) is 17.8 Å². The maximum Gasteiger partial charge on any atom is 0.0606 e. The van der Waals surface area contributed by atoms with Gasteiger partial charge in [-0.2, -0.15) is 0 Å². The number of aliphatic hydroxyl groups excluding tert-OH is 4. The molecule has 0 aliphatic heterocycles. The lowest BCUT2D eigenvalue weighted by Crippen LogP contribution is -2.29. The highest BCUT2D eigenvalue weighted by Gasteiger charge is 2.06. The second-order valence-electron chi connectivity index (χ2n) is 7.63. The summed E-state index contributed by atoms with van der Waals surface area (Å²) >= 11 is 0. The molecule has 0 atom stereocenters. The van der Waals surface area contributed by atoms with E-state index in [-0.39, 0.29) is 26.4 Å². The van der Waals surface area contributed by atoms with Crippen molar-refractivity contribution in [2.75, 3.05) is 62.4 Å². The smallest absolute Gasteiger partial charge is 0.0606 e. The second-order valence-corrected chi connectivity index (χ2v) is 7.63. The van der Waals surface area contributed by atoms with Crippen LogP contribution in [0, 0.1) is 0 Å². The maximum atomic E-state index is 8.94. The van der Waals surface area contributed by atoms with E-state index >= 15 is 0 Å². The van der Waals surface area contributed by atoms with Crippen LogP contribution in [0.15, 0.2) is 48.5 Å². The molecule has 0 aliphatic carbocycles. The molecule has 4 N–H and O–H groups in total. The maximum absolute atomic E-state index is 8.94. The molecule has 0 radical (unpaired) electrons. The van der Waals surface area contributed by atoms with Crippen molar-refractivity contribution in [2.24, 2.45) is 0 Å². The minimum absolute atomic E-state index is 0.103. The number of aliphatic hydroxyl groups is 4. The largest absolute Gasteiger partial charge is 0.395 e. The number of benzene rings is 2. The molecule has 0 heterocycles. The Balaban J connectivity index is 0.000000311. The molecule has 0 fully saturated rings. The van der Waals surface area contributed by atoms with Gasteiger partial charge in [-0.1, -0.05) is 45.0 Å². The van der Waals surface area contributed by atoms with E-state index in [2.05, 4.69) is 45.0 Å². The van der Waals surface area contributed by atoms with Crippen molar-refractivity contribution in [1.82, 2.24) is 0 Å². The Morgan fingerprint density at radius 3 is 1.26 bits per heavy atom. The summed E-state index contributed by atoms with van der Waals surface area (Å²) in [5.74, 6) is 0.526. The van der Waals surface area contributed by atoms with Crippen LogP contribution in [0.1, 0.15) is 37.8 Å². The molecule has 0 amide bonds. The van der Waals surface area contributed by atoms with Crippen molar-refractivity contribution in [3.05, 3.63) is 59.7 Å². The molecule has 0 spiro atoms. The third-order valence-electron chi connectivity index (χ3n) is 5.11. The molecule has 0 saturated carbocycles. The van der Waals surface area contributed by atoms with Gasteiger partial charge in [0, 0.05) is 37.6 Å². The number of anilines is 2. The van der Waals surface area contributed by atoms with Crippen molar-refractivity contribution in [2.45, 2.75) is 33.1 Å². The quantitative estimate of drug-likeness (QED) is 0.413. The fourth-order valence-electron chi connectivity index (χ4n) is 3.24. The van der Waals surface area contributed by atoms with Gasteiger partial charge >= 0.3 is 0 Å². The third kappa shape index (κ3) is 9.70. The predicted molar refractivity (Wildman–Crippen MR) is 129 cm³/mol. The molecule has 2 rings (SSSR count). The summed E-state index contributed by atoms with van der Waals surface area (Å²) < 4.78 is 0. The molecule has 0 saturated heterocycles. The molecule has 174 valence electrons. The molecule has 0 aliphatic rings. The first-order chi connectivity index (χ1) is 15.0. The Hall–Kier alpha value is -2.12. The van der Waals surface area contributed by atoms with Crippen LogP contribution in [0.25, 0.3) is 0 Å².